The summed E-state index contributed by atoms with van der Waals surface area (Å²) in [7, 11) is 0. The van der Waals surface area contributed by atoms with E-state index in [4.69, 9.17) is 14.4 Å². The Balaban J connectivity index is 1.11. The standard InChI is InChI=1S/C43H29N3O/c1-3-11-30(12-4-1)38-27-39(35-21-18-28-10-7-8-15-32(28)24-35)45-42(44-38)36-17-9-16-33(25-36)34-20-19-29-22-23-40-41(37(29)26-34)46-43(47-40)31-13-5-2-6-14-31/h1-27,39H,(H,44,45). The number of fused-ring (bicyclic) bond motifs is 4. The maximum absolute atomic E-state index is 6.18. The normalized spacial score (nSPS) is 14.6. The lowest BCUT2D eigenvalue weighted by Gasteiger charge is -2.25. The van der Waals surface area contributed by atoms with Crippen LogP contribution in [0.4, 0.5) is 0 Å². The summed E-state index contributed by atoms with van der Waals surface area (Å²) in [6.45, 7) is 0. The van der Waals surface area contributed by atoms with Crippen LogP contribution in [0.2, 0.25) is 0 Å². The van der Waals surface area contributed by atoms with Crippen LogP contribution in [-0.2, 0) is 0 Å². The molecule has 1 aliphatic rings. The van der Waals surface area contributed by atoms with Crippen LogP contribution in [0.5, 0.6) is 0 Å². The largest absolute Gasteiger partial charge is 0.436 e. The first-order valence-corrected chi connectivity index (χ1v) is 15.9. The Morgan fingerprint density at radius 2 is 1.19 bits per heavy atom. The highest BCUT2D eigenvalue weighted by molar-refractivity contribution is 6.07. The summed E-state index contributed by atoms with van der Waals surface area (Å²) in [5, 5.41) is 8.40. The first-order valence-electron chi connectivity index (χ1n) is 15.9. The van der Waals surface area contributed by atoms with E-state index in [2.05, 4.69) is 127 Å². The summed E-state index contributed by atoms with van der Waals surface area (Å²) in [5.74, 6) is 1.48. The van der Waals surface area contributed by atoms with Gasteiger partial charge in [0.1, 0.15) is 11.4 Å². The Labute approximate surface area is 272 Å². The Kier molecular flexibility index (Phi) is 6.50. The van der Waals surface area contributed by atoms with Gasteiger partial charge < -0.3 is 9.73 Å². The van der Waals surface area contributed by atoms with Crippen molar-refractivity contribution in [3.05, 3.63) is 180 Å². The Morgan fingerprint density at radius 1 is 0.511 bits per heavy atom. The number of aromatic nitrogens is 1. The zero-order valence-electron chi connectivity index (χ0n) is 25.5. The molecule has 9 rings (SSSR count). The van der Waals surface area contributed by atoms with Gasteiger partial charge in [-0.1, -0.05) is 121 Å². The van der Waals surface area contributed by atoms with E-state index in [-0.39, 0.29) is 6.04 Å². The number of hydrogen-bond donors (Lipinski definition) is 1. The fourth-order valence-corrected chi connectivity index (χ4v) is 6.48. The molecule has 8 aromatic rings. The number of oxazole rings is 1. The number of rotatable bonds is 5. The molecule has 0 amide bonds. The van der Waals surface area contributed by atoms with Gasteiger partial charge in [0.2, 0.25) is 5.89 Å². The van der Waals surface area contributed by atoms with Gasteiger partial charge >= 0.3 is 0 Å². The van der Waals surface area contributed by atoms with Gasteiger partial charge in [0.05, 0.1) is 11.7 Å². The molecule has 4 heteroatoms. The Morgan fingerprint density at radius 3 is 2.04 bits per heavy atom. The van der Waals surface area contributed by atoms with Crippen molar-refractivity contribution < 1.29 is 4.42 Å². The molecule has 7 aromatic carbocycles. The second-order valence-electron chi connectivity index (χ2n) is 11.9. The number of nitrogens with zero attached hydrogens (tertiary/aromatic N) is 2. The van der Waals surface area contributed by atoms with Crippen LogP contribution in [-0.4, -0.2) is 10.8 Å². The molecule has 47 heavy (non-hydrogen) atoms. The molecule has 0 spiro atoms. The predicted octanol–water partition coefficient (Wildman–Crippen LogP) is 10.6. The molecule has 1 atom stereocenters. The van der Waals surface area contributed by atoms with Gasteiger partial charge in [0, 0.05) is 16.5 Å². The van der Waals surface area contributed by atoms with Crippen LogP contribution < -0.4 is 5.32 Å². The maximum atomic E-state index is 6.18. The van der Waals surface area contributed by atoms with Gasteiger partial charge in [-0.3, -0.25) is 0 Å². The number of hydrogen-bond acceptors (Lipinski definition) is 4. The van der Waals surface area contributed by atoms with E-state index in [0.717, 1.165) is 61.2 Å². The molecule has 1 unspecified atom stereocenters. The first kappa shape index (κ1) is 27.1. The average molecular weight is 604 g/mol. The molecule has 222 valence electrons. The third-order valence-electron chi connectivity index (χ3n) is 8.92. The maximum Gasteiger partial charge on any atom is 0.227 e. The van der Waals surface area contributed by atoms with Gasteiger partial charge in [-0.25, -0.2) is 9.98 Å². The number of benzene rings is 7. The summed E-state index contributed by atoms with van der Waals surface area (Å²) in [5.41, 5.74) is 9.10. The second kappa shape index (κ2) is 11.3. The smallest absolute Gasteiger partial charge is 0.227 e. The number of amidine groups is 1. The van der Waals surface area contributed by atoms with Gasteiger partial charge in [-0.2, -0.15) is 0 Å². The van der Waals surface area contributed by atoms with E-state index in [0.29, 0.717) is 5.89 Å². The molecule has 1 aliphatic heterocycles. The number of nitrogens with one attached hydrogen (secondary N) is 1. The van der Waals surface area contributed by atoms with Crippen molar-refractivity contribution in [2.45, 2.75) is 6.04 Å². The fourth-order valence-electron chi connectivity index (χ4n) is 6.48. The zero-order valence-corrected chi connectivity index (χ0v) is 25.5. The van der Waals surface area contributed by atoms with E-state index >= 15 is 0 Å². The molecule has 0 saturated heterocycles. The summed E-state index contributed by atoms with van der Waals surface area (Å²) < 4.78 is 6.18. The van der Waals surface area contributed by atoms with E-state index < -0.39 is 0 Å². The van der Waals surface area contributed by atoms with Crippen molar-refractivity contribution >= 4 is 44.2 Å². The third-order valence-corrected chi connectivity index (χ3v) is 8.92. The van der Waals surface area contributed by atoms with E-state index in [1.165, 1.54) is 16.3 Å². The highest BCUT2D eigenvalue weighted by atomic mass is 16.3. The minimum Gasteiger partial charge on any atom is -0.436 e. The molecule has 0 bridgehead atoms. The molecular weight excluding hydrogens is 574 g/mol. The van der Waals surface area contributed by atoms with E-state index in [9.17, 15) is 0 Å². The SMILES string of the molecule is C1=C(c2ccccc2)N=C(c2cccc(-c3ccc4ccc5oc(-c6ccccc6)nc5c4c3)c2)NC1c1ccc2ccccc2c1. The lowest BCUT2D eigenvalue weighted by atomic mass is 9.96. The van der Waals surface area contributed by atoms with E-state index in [1.54, 1.807) is 0 Å². The molecule has 0 saturated carbocycles. The average Bonchev–Trinajstić information content (AvgIpc) is 3.60. The summed E-state index contributed by atoms with van der Waals surface area (Å²) in [4.78, 5) is 10.1. The van der Waals surface area contributed by atoms with Crippen molar-refractivity contribution in [1.82, 2.24) is 10.3 Å². The fraction of sp³-hybridized carbons (Fsp3) is 0.0233. The van der Waals surface area contributed by atoms with Gasteiger partial charge in [0.25, 0.3) is 0 Å². The molecule has 0 aliphatic carbocycles. The lowest BCUT2D eigenvalue weighted by Crippen LogP contribution is -2.31. The molecular formula is C43H29N3O. The van der Waals surface area contributed by atoms with Crippen LogP contribution >= 0.6 is 0 Å². The molecule has 1 aromatic heterocycles. The van der Waals surface area contributed by atoms with Crippen molar-refractivity contribution in [2.75, 3.05) is 0 Å². The summed E-state index contributed by atoms with van der Waals surface area (Å²) in [6.07, 6.45) is 2.23. The van der Waals surface area contributed by atoms with Crippen molar-refractivity contribution in [3.63, 3.8) is 0 Å². The lowest BCUT2D eigenvalue weighted by molar-refractivity contribution is 0.620. The van der Waals surface area contributed by atoms with Crippen LogP contribution in [0.3, 0.4) is 0 Å². The quantitative estimate of drug-likeness (QED) is 0.213. The zero-order chi connectivity index (χ0) is 31.2. The number of aliphatic imine (C=N–C) groups is 1. The van der Waals surface area contributed by atoms with Crippen LogP contribution in [0.1, 0.15) is 22.7 Å². The predicted molar refractivity (Wildman–Crippen MR) is 193 cm³/mol. The Bertz CT molecular complexity index is 2490. The second-order valence-corrected chi connectivity index (χ2v) is 11.9. The Hall–Kier alpha value is -6.26. The minimum atomic E-state index is -0.0362. The van der Waals surface area contributed by atoms with Crippen LogP contribution in [0.15, 0.2) is 173 Å². The first-order chi connectivity index (χ1) is 23.2. The highest BCUT2D eigenvalue weighted by Crippen LogP contribution is 2.34. The highest BCUT2D eigenvalue weighted by Gasteiger charge is 2.21. The molecule has 4 nitrogen and oxygen atoms in total. The van der Waals surface area contributed by atoms with Gasteiger partial charge in [0.15, 0.2) is 5.58 Å². The topological polar surface area (TPSA) is 50.4 Å². The van der Waals surface area contributed by atoms with Gasteiger partial charge in [-0.05, 0) is 80.9 Å². The monoisotopic (exact) mass is 603 g/mol. The molecule has 2 heterocycles. The van der Waals surface area contributed by atoms with Crippen LogP contribution in [0, 0.1) is 0 Å². The van der Waals surface area contributed by atoms with Crippen molar-refractivity contribution in [2.24, 2.45) is 4.99 Å². The third kappa shape index (κ3) is 5.06. The van der Waals surface area contributed by atoms with Gasteiger partial charge in [-0.15, -0.1) is 0 Å². The molecule has 0 radical (unpaired) electrons. The molecule has 1 N–H and O–H groups in total. The minimum absolute atomic E-state index is 0.0362. The van der Waals surface area contributed by atoms with Crippen molar-refractivity contribution in [3.8, 4) is 22.6 Å². The van der Waals surface area contributed by atoms with Crippen LogP contribution in [0.25, 0.3) is 60.9 Å². The van der Waals surface area contributed by atoms with Crippen molar-refractivity contribution in [1.29, 1.82) is 0 Å². The molecule has 0 fully saturated rings. The summed E-state index contributed by atoms with van der Waals surface area (Å²) >= 11 is 0. The summed E-state index contributed by atoms with van der Waals surface area (Å²) in [6, 6.07) is 54.9. The van der Waals surface area contributed by atoms with E-state index in [1.807, 2.05) is 42.5 Å².